The van der Waals surface area contributed by atoms with E-state index in [0.717, 1.165) is 12.8 Å². The molecule has 14 heavy (non-hydrogen) atoms. The van der Waals surface area contributed by atoms with Crippen molar-refractivity contribution >= 4 is 0 Å². The molecule has 0 aromatic carbocycles. The second-order valence-corrected chi connectivity index (χ2v) is 5.96. The zero-order valence-corrected chi connectivity index (χ0v) is 10.1. The van der Waals surface area contributed by atoms with Crippen LogP contribution in [0, 0.1) is 11.3 Å². The first-order valence-corrected chi connectivity index (χ1v) is 5.64. The number of rotatable bonds is 2. The first kappa shape index (κ1) is 12.0. The van der Waals surface area contributed by atoms with Gasteiger partial charge in [0.1, 0.15) is 0 Å². The second-order valence-electron chi connectivity index (χ2n) is 5.96. The molecule has 0 aliphatic carbocycles. The molecule has 0 radical (unpaired) electrons. The second kappa shape index (κ2) is 4.19. The molecule has 2 nitrogen and oxygen atoms in total. The Morgan fingerprint density at radius 1 is 1.36 bits per heavy atom. The molecule has 0 amide bonds. The van der Waals surface area contributed by atoms with E-state index in [9.17, 15) is 5.11 Å². The van der Waals surface area contributed by atoms with E-state index in [0.29, 0.717) is 5.92 Å². The summed E-state index contributed by atoms with van der Waals surface area (Å²) in [5.74, 6) is 0.591. The molecule has 1 aliphatic rings. The van der Waals surface area contributed by atoms with Crippen LogP contribution in [0.1, 0.15) is 47.5 Å². The Morgan fingerprint density at radius 3 is 2.29 bits per heavy atom. The van der Waals surface area contributed by atoms with Crippen LogP contribution in [0.15, 0.2) is 0 Å². The highest BCUT2D eigenvalue weighted by Gasteiger charge is 2.39. The molecule has 1 heterocycles. The van der Waals surface area contributed by atoms with Gasteiger partial charge in [0.05, 0.1) is 18.3 Å². The van der Waals surface area contributed by atoms with Crippen molar-refractivity contribution in [3.63, 3.8) is 0 Å². The number of hydrogen-bond acceptors (Lipinski definition) is 2. The lowest BCUT2D eigenvalue weighted by atomic mass is 9.87. The maximum absolute atomic E-state index is 9.85. The summed E-state index contributed by atoms with van der Waals surface area (Å²) in [5.41, 5.74) is 0.146. The van der Waals surface area contributed by atoms with Gasteiger partial charge in [-0.25, -0.2) is 0 Å². The van der Waals surface area contributed by atoms with Gasteiger partial charge in [0.25, 0.3) is 0 Å². The molecular formula is C12H24O2. The van der Waals surface area contributed by atoms with Crippen LogP contribution in [-0.2, 0) is 4.74 Å². The average Bonchev–Trinajstić information content (AvgIpc) is 2.30. The Bertz CT molecular complexity index is 181. The largest absolute Gasteiger partial charge is 0.390 e. The summed E-state index contributed by atoms with van der Waals surface area (Å²) >= 11 is 0. The van der Waals surface area contributed by atoms with Crippen LogP contribution < -0.4 is 0 Å². The molecule has 1 fully saturated rings. The van der Waals surface area contributed by atoms with E-state index in [1.807, 2.05) is 0 Å². The number of ether oxygens (including phenoxy) is 1. The summed E-state index contributed by atoms with van der Waals surface area (Å²) < 4.78 is 5.90. The first-order valence-electron chi connectivity index (χ1n) is 5.64. The van der Waals surface area contributed by atoms with Gasteiger partial charge in [-0.1, -0.05) is 34.6 Å². The molecule has 0 aromatic heterocycles. The van der Waals surface area contributed by atoms with E-state index in [1.54, 1.807) is 0 Å². The molecule has 3 atom stereocenters. The molecule has 1 rings (SSSR count). The van der Waals surface area contributed by atoms with Crippen LogP contribution in [-0.4, -0.2) is 23.4 Å². The third kappa shape index (κ3) is 2.96. The first-order chi connectivity index (χ1) is 6.30. The van der Waals surface area contributed by atoms with Gasteiger partial charge in [-0.05, 0) is 17.8 Å². The van der Waals surface area contributed by atoms with Gasteiger partial charge in [-0.3, -0.25) is 0 Å². The van der Waals surface area contributed by atoms with Crippen molar-refractivity contribution in [2.24, 2.45) is 11.3 Å². The average molecular weight is 200 g/mol. The third-order valence-corrected chi connectivity index (χ3v) is 2.89. The monoisotopic (exact) mass is 200 g/mol. The zero-order chi connectivity index (χ0) is 10.9. The molecule has 0 unspecified atom stereocenters. The Balaban J connectivity index is 2.51. The van der Waals surface area contributed by atoms with Crippen molar-refractivity contribution < 1.29 is 9.84 Å². The maximum Gasteiger partial charge on any atom is 0.0841 e. The van der Waals surface area contributed by atoms with Crippen LogP contribution in [0.5, 0.6) is 0 Å². The van der Waals surface area contributed by atoms with Crippen LogP contribution in [0.25, 0.3) is 0 Å². The standard InChI is InChI=1S/C12H24O2/c1-8(2)6-10-9(13)7-11(14-10)12(3,4)5/h8-11,13H,6-7H2,1-5H3/t9-,10+,11+/m1/s1. The lowest BCUT2D eigenvalue weighted by Crippen LogP contribution is -2.26. The van der Waals surface area contributed by atoms with E-state index in [4.69, 9.17) is 4.74 Å². The quantitative estimate of drug-likeness (QED) is 0.742. The van der Waals surface area contributed by atoms with Crippen molar-refractivity contribution in [3.05, 3.63) is 0 Å². The third-order valence-electron chi connectivity index (χ3n) is 2.89. The fraction of sp³-hybridized carbons (Fsp3) is 1.00. The fourth-order valence-electron chi connectivity index (χ4n) is 1.96. The van der Waals surface area contributed by atoms with Crippen LogP contribution in [0.4, 0.5) is 0 Å². The lowest BCUT2D eigenvalue weighted by Gasteiger charge is -2.26. The van der Waals surface area contributed by atoms with Gasteiger partial charge in [-0.2, -0.15) is 0 Å². The van der Waals surface area contributed by atoms with E-state index in [-0.39, 0.29) is 23.7 Å². The van der Waals surface area contributed by atoms with Crippen LogP contribution in [0.2, 0.25) is 0 Å². The van der Waals surface area contributed by atoms with Gasteiger partial charge < -0.3 is 9.84 Å². The Kier molecular flexibility index (Phi) is 3.59. The Morgan fingerprint density at radius 2 is 1.93 bits per heavy atom. The minimum atomic E-state index is -0.262. The van der Waals surface area contributed by atoms with Crippen molar-refractivity contribution in [1.82, 2.24) is 0 Å². The highest BCUT2D eigenvalue weighted by Crippen LogP contribution is 2.35. The minimum absolute atomic E-state index is 0.0548. The SMILES string of the molecule is CC(C)C[C@@H]1O[C@H](C(C)(C)C)C[C@H]1O. The van der Waals surface area contributed by atoms with E-state index in [1.165, 1.54) is 0 Å². The van der Waals surface area contributed by atoms with Gasteiger partial charge in [0, 0.05) is 6.42 Å². The highest BCUT2D eigenvalue weighted by molar-refractivity contribution is 4.88. The van der Waals surface area contributed by atoms with E-state index in [2.05, 4.69) is 34.6 Å². The smallest absolute Gasteiger partial charge is 0.0841 e. The molecule has 0 bridgehead atoms. The molecular weight excluding hydrogens is 176 g/mol. The molecule has 1 N–H and O–H groups in total. The fourth-order valence-corrected chi connectivity index (χ4v) is 1.96. The van der Waals surface area contributed by atoms with Crippen molar-refractivity contribution in [1.29, 1.82) is 0 Å². The van der Waals surface area contributed by atoms with Crippen LogP contribution >= 0.6 is 0 Å². The molecule has 0 aromatic rings. The zero-order valence-electron chi connectivity index (χ0n) is 10.1. The van der Waals surface area contributed by atoms with Gasteiger partial charge in [0.15, 0.2) is 0 Å². The predicted octanol–water partition coefficient (Wildman–Crippen LogP) is 2.60. The van der Waals surface area contributed by atoms with Gasteiger partial charge in [0.2, 0.25) is 0 Å². The van der Waals surface area contributed by atoms with Crippen molar-refractivity contribution in [2.45, 2.75) is 65.8 Å². The van der Waals surface area contributed by atoms with E-state index < -0.39 is 0 Å². The Hall–Kier alpha value is -0.0800. The molecule has 2 heteroatoms. The maximum atomic E-state index is 9.85. The van der Waals surface area contributed by atoms with Crippen molar-refractivity contribution in [2.75, 3.05) is 0 Å². The summed E-state index contributed by atoms with van der Waals surface area (Å²) in [4.78, 5) is 0. The molecule has 1 aliphatic heterocycles. The predicted molar refractivity (Wildman–Crippen MR) is 58.2 cm³/mol. The summed E-state index contributed by atoms with van der Waals surface area (Å²) in [5, 5.41) is 9.85. The normalized spacial score (nSPS) is 34.1. The highest BCUT2D eigenvalue weighted by atomic mass is 16.5. The number of aliphatic hydroxyl groups is 1. The molecule has 0 spiro atoms. The molecule has 0 saturated carbocycles. The summed E-state index contributed by atoms with van der Waals surface area (Å²) in [7, 11) is 0. The summed E-state index contributed by atoms with van der Waals surface area (Å²) in [6.45, 7) is 10.8. The molecule has 1 saturated heterocycles. The Labute approximate surface area is 87.7 Å². The lowest BCUT2D eigenvalue weighted by molar-refractivity contribution is -0.0384. The van der Waals surface area contributed by atoms with E-state index >= 15 is 0 Å². The number of hydrogen-bond donors (Lipinski definition) is 1. The summed E-state index contributed by atoms with van der Waals surface area (Å²) in [6.07, 6.45) is 1.76. The van der Waals surface area contributed by atoms with Crippen molar-refractivity contribution in [3.8, 4) is 0 Å². The van der Waals surface area contributed by atoms with Gasteiger partial charge >= 0.3 is 0 Å². The minimum Gasteiger partial charge on any atom is -0.390 e. The summed E-state index contributed by atoms with van der Waals surface area (Å²) in [6, 6.07) is 0. The van der Waals surface area contributed by atoms with Gasteiger partial charge in [-0.15, -0.1) is 0 Å². The number of aliphatic hydroxyl groups excluding tert-OH is 1. The van der Waals surface area contributed by atoms with Crippen LogP contribution in [0.3, 0.4) is 0 Å². The molecule has 84 valence electrons. The topological polar surface area (TPSA) is 29.5 Å².